The highest BCUT2D eigenvalue weighted by Gasteiger charge is 2.24. The summed E-state index contributed by atoms with van der Waals surface area (Å²) in [5, 5.41) is 20.6. The Balaban J connectivity index is 4.75. The molecule has 0 bridgehead atoms. The number of hydrogen-bond donors (Lipinski definition) is 5. The van der Waals surface area contributed by atoms with Gasteiger partial charge in [-0.2, -0.15) is 0 Å². The molecule has 2 amide bonds. The van der Waals surface area contributed by atoms with E-state index in [1.807, 2.05) is 5.32 Å². The second kappa shape index (κ2) is 11.1. The van der Waals surface area contributed by atoms with Crippen molar-refractivity contribution in [1.29, 1.82) is 0 Å². The number of carboxylic acid groups (broad SMARTS) is 2. The van der Waals surface area contributed by atoms with E-state index in [1.165, 1.54) is 0 Å². The molecular weight excluding hydrogens is 358 g/mol. The number of carboxylic acids is 2. The third-order valence-corrected chi connectivity index (χ3v) is 3.78. The molecule has 0 aliphatic heterocycles. The van der Waals surface area contributed by atoms with Crippen LogP contribution in [0.5, 0.6) is 0 Å². The van der Waals surface area contributed by atoms with Crippen LogP contribution in [0.15, 0.2) is 0 Å². The second-order valence-corrected chi connectivity index (χ2v) is 5.86. The van der Waals surface area contributed by atoms with Crippen molar-refractivity contribution in [3.8, 4) is 0 Å². The molecule has 0 aromatic rings. The van der Waals surface area contributed by atoms with Gasteiger partial charge in [-0.25, -0.2) is 0 Å². The molecule has 0 fully saturated rings. The van der Waals surface area contributed by atoms with Crippen molar-refractivity contribution >= 4 is 46.4 Å². The summed E-state index contributed by atoms with van der Waals surface area (Å²) in [5.41, 5.74) is 5.26. The van der Waals surface area contributed by atoms with Gasteiger partial charge in [0.25, 0.3) is 5.12 Å². The van der Waals surface area contributed by atoms with Gasteiger partial charge in [-0.1, -0.05) is 11.8 Å². The standard InChI is InChI=1S/C13H19N3O8S/c1-6(17)13(24)25-5-8(11(21)15-4-10(19)20)16-9(18)3-2-7(14)12(22)23/h7-8H,2-5,14H2,1H3,(H,15,21)(H,16,18)(H,19,20)(H,22,23). The Hall–Kier alpha value is -2.47. The lowest BCUT2D eigenvalue weighted by atomic mass is 10.1. The summed E-state index contributed by atoms with van der Waals surface area (Å²) >= 11 is 0.496. The third-order valence-electron chi connectivity index (χ3n) is 2.73. The van der Waals surface area contributed by atoms with Gasteiger partial charge in [-0.3, -0.25) is 28.8 Å². The Kier molecular flexibility index (Phi) is 10.0. The third kappa shape index (κ3) is 10.1. The molecule has 0 aliphatic carbocycles. The number of nitrogens with two attached hydrogens (primary N) is 1. The highest BCUT2D eigenvalue weighted by atomic mass is 32.2. The van der Waals surface area contributed by atoms with E-state index in [2.05, 4.69) is 5.32 Å². The van der Waals surface area contributed by atoms with Crippen LogP contribution >= 0.6 is 11.8 Å². The number of Topliss-reactive ketones (excluding diaryl/α,β-unsaturated/α-hetero) is 1. The molecule has 6 N–H and O–H groups in total. The summed E-state index contributed by atoms with van der Waals surface area (Å²) in [6.45, 7) is 0.348. The lowest BCUT2D eigenvalue weighted by Crippen LogP contribution is -2.49. The van der Waals surface area contributed by atoms with Crippen LogP contribution in [0.3, 0.4) is 0 Å². The van der Waals surface area contributed by atoms with E-state index in [1.54, 1.807) is 0 Å². The summed E-state index contributed by atoms with van der Waals surface area (Å²) < 4.78 is 0. The summed E-state index contributed by atoms with van der Waals surface area (Å²) in [7, 11) is 0. The van der Waals surface area contributed by atoms with E-state index < -0.39 is 53.3 Å². The Labute approximate surface area is 146 Å². The van der Waals surface area contributed by atoms with Gasteiger partial charge in [0.1, 0.15) is 18.6 Å². The fraction of sp³-hybridized carbons (Fsp3) is 0.538. The zero-order valence-electron chi connectivity index (χ0n) is 13.3. The average molecular weight is 377 g/mol. The first-order valence-corrected chi connectivity index (χ1v) is 7.98. The maximum absolute atomic E-state index is 11.9. The quantitative estimate of drug-likeness (QED) is 0.245. The number of thioether (sulfide) groups is 1. The Morgan fingerprint density at radius 2 is 1.72 bits per heavy atom. The molecule has 0 spiro atoms. The zero-order chi connectivity index (χ0) is 19.6. The summed E-state index contributed by atoms with van der Waals surface area (Å²) in [5.74, 6) is -5.19. The summed E-state index contributed by atoms with van der Waals surface area (Å²) in [4.78, 5) is 66.9. The lowest BCUT2D eigenvalue weighted by Gasteiger charge is -2.17. The van der Waals surface area contributed by atoms with E-state index in [0.717, 1.165) is 6.92 Å². The molecule has 0 aliphatic rings. The molecule has 0 heterocycles. The predicted molar refractivity (Wildman–Crippen MR) is 85.6 cm³/mol. The van der Waals surface area contributed by atoms with Crippen LogP contribution in [-0.4, -0.2) is 69.2 Å². The second-order valence-electron chi connectivity index (χ2n) is 4.87. The molecule has 0 aromatic carbocycles. The Morgan fingerprint density at radius 3 is 2.20 bits per heavy atom. The highest BCUT2D eigenvalue weighted by molar-refractivity contribution is 8.15. The summed E-state index contributed by atoms with van der Waals surface area (Å²) in [6.07, 6.45) is -0.467. The molecule has 12 heteroatoms. The first kappa shape index (κ1) is 22.5. The van der Waals surface area contributed by atoms with Crippen molar-refractivity contribution < 1.29 is 39.0 Å². The SMILES string of the molecule is CC(=O)C(=O)SCC(NC(=O)CCC(N)C(=O)O)C(=O)NCC(=O)O. The minimum atomic E-state index is -1.31. The van der Waals surface area contributed by atoms with Gasteiger partial charge < -0.3 is 26.6 Å². The van der Waals surface area contributed by atoms with Crippen LogP contribution in [0.25, 0.3) is 0 Å². The van der Waals surface area contributed by atoms with Crippen LogP contribution in [0.1, 0.15) is 19.8 Å². The fourth-order valence-electron chi connectivity index (χ4n) is 1.41. The van der Waals surface area contributed by atoms with Gasteiger partial charge >= 0.3 is 11.9 Å². The molecule has 25 heavy (non-hydrogen) atoms. The van der Waals surface area contributed by atoms with Crippen LogP contribution in [0.2, 0.25) is 0 Å². The molecule has 140 valence electrons. The van der Waals surface area contributed by atoms with Crippen molar-refractivity contribution in [2.75, 3.05) is 12.3 Å². The van der Waals surface area contributed by atoms with Gasteiger partial charge in [0.15, 0.2) is 0 Å². The minimum Gasteiger partial charge on any atom is -0.480 e. The Bertz CT molecular complexity index is 565. The smallest absolute Gasteiger partial charge is 0.322 e. The molecule has 2 unspecified atom stereocenters. The maximum atomic E-state index is 11.9. The molecular formula is C13H19N3O8S. The Morgan fingerprint density at radius 1 is 1.12 bits per heavy atom. The molecule has 0 rings (SSSR count). The molecule has 0 saturated heterocycles. The maximum Gasteiger partial charge on any atom is 0.322 e. The molecule has 0 saturated carbocycles. The number of ketones is 1. The molecule has 2 atom stereocenters. The van der Waals surface area contributed by atoms with Crippen molar-refractivity contribution in [3.63, 3.8) is 0 Å². The number of aliphatic carboxylic acids is 2. The minimum absolute atomic E-state index is 0.176. The van der Waals surface area contributed by atoms with E-state index in [9.17, 15) is 28.8 Å². The van der Waals surface area contributed by atoms with Gasteiger partial charge in [0.2, 0.25) is 17.6 Å². The molecule has 0 radical (unpaired) electrons. The number of carbonyl (C=O) groups excluding carboxylic acids is 4. The van der Waals surface area contributed by atoms with Crippen LogP contribution in [0.4, 0.5) is 0 Å². The van der Waals surface area contributed by atoms with Crippen molar-refractivity contribution in [3.05, 3.63) is 0 Å². The zero-order valence-corrected chi connectivity index (χ0v) is 14.1. The monoisotopic (exact) mass is 377 g/mol. The number of hydrogen-bond acceptors (Lipinski definition) is 8. The number of carbonyl (C=O) groups is 6. The largest absolute Gasteiger partial charge is 0.480 e. The van der Waals surface area contributed by atoms with Gasteiger partial charge in [0.05, 0.1) is 0 Å². The topological polar surface area (TPSA) is 193 Å². The van der Waals surface area contributed by atoms with Crippen LogP contribution in [-0.2, 0) is 28.8 Å². The normalized spacial score (nSPS) is 12.6. The van der Waals surface area contributed by atoms with Crippen LogP contribution < -0.4 is 16.4 Å². The summed E-state index contributed by atoms with van der Waals surface area (Å²) in [6, 6.07) is -2.53. The average Bonchev–Trinajstić information content (AvgIpc) is 2.53. The fourth-order valence-corrected chi connectivity index (χ4v) is 2.16. The number of rotatable bonds is 11. The van der Waals surface area contributed by atoms with E-state index in [0.29, 0.717) is 11.8 Å². The number of nitrogens with one attached hydrogen (secondary N) is 2. The first-order valence-electron chi connectivity index (χ1n) is 6.99. The number of amides is 2. The molecule has 11 nitrogen and oxygen atoms in total. The van der Waals surface area contributed by atoms with Crippen molar-refractivity contribution in [2.24, 2.45) is 5.73 Å². The van der Waals surface area contributed by atoms with Crippen molar-refractivity contribution in [1.82, 2.24) is 10.6 Å². The first-order chi connectivity index (χ1) is 11.5. The van der Waals surface area contributed by atoms with Gasteiger partial charge in [0, 0.05) is 19.1 Å². The van der Waals surface area contributed by atoms with E-state index in [-0.39, 0.29) is 18.6 Å². The van der Waals surface area contributed by atoms with Crippen molar-refractivity contribution in [2.45, 2.75) is 31.8 Å². The lowest BCUT2D eigenvalue weighted by molar-refractivity contribution is -0.139. The molecule has 0 aromatic heterocycles. The predicted octanol–water partition coefficient (Wildman–Crippen LogP) is -2.29. The van der Waals surface area contributed by atoms with Crippen LogP contribution in [0, 0.1) is 0 Å². The highest BCUT2D eigenvalue weighted by Crippen LogP contribution is 2.07. The van der Waals surface area contributed by atoms with Gasteiger partial charge in [-0.05, 0) is 6.42 Å². The van der Waals surface area contributed by atoms with E-state index in [4.69, 9.17) is 15.9 Å². The van der Waals surface area contributed by atoms with E-state index >= 15 is 0 Å². The van der Waals surface area contributed by atoms with Gasteiger partial charge in [-0.15, -0.1) is 0 Å².